The maximum atomic E-state index is 12.7. The van der Waals surface area contributed by atoms with E-state index in [1.807, 2.05) is 55.5 Å². The van der Waals surface area contributed by atoms with Crippen LogP contribution in [0.1, 0.15) is 37.3 Å². The smallest absolute Gasteiger partial charge is 0.256 e. The monoisotopic (exact) mass is 336 g/mol. The van der Waals surface area contributed by atoms with Crippen molar-refractivity contribution in [2.45, 2.75) is 45.6 Å². The number of imide groups is 1. The molecule has 1 saturated heterocycles. The molecule has 0 aromatic heterocycles. The lowest BCUT2D eigenvalue weighted by atomic mass is 10.1. The molecule has 4 heteroatoms. The summed E-state index contributed by atoms with van der Waals surface area (Å²) in [4.78, 5) is 26.4. The van der Waals surface area contributed by atoms with Crippen LogP contribution in [0.3, 0.4) is 0 Å². The Hall–Kier alpha value is -2.62. The third-order valence-electron chi connectivity index (χ3n) is 4.52. The maximum Gasteiger partial charge on any atom is 0.256 e. The summed E-state index contributed by atoms with van der Waals surface area (Å²) in [6.45, 7) is 4.16. The van der Waals surface area contributed by atoms with Gasteiger partial charge in [0.15, 0.2) is 0 Å². The van der Waals surface area contributed by atoms with E-state index < -0.39 is 6.04 Å². The molecule has 0 saturated carbocycles. The first-order valence-electron chi connectivity index (χ1n) is 8.87. The number of carbonyl (C=O) groups excluding carboxylic acids is 2. The van der Waals surface area contributed by atoms with Crippen molar-refractivity contribution in [1.29, 1.82) is 0 Å². The highest BCUT2D eigenvalue weighted by Crippen LogP contribution is 2.25. The highest BCUT2D eigenvalue weighted by Gasteiger charge is 2.39. The zero-order chi connectivity index (χ0) is 17.8. The summed E-state index contributed by atoms with van der Waals surface area (Å²) in [6.07, 6.45) is 3.50. The van der Waals surface area contributed by atoms with E-state index in [1.165, 1.54) is 10.5 Å². The third-order valence-corrected chi connectivity index (χ3v) is 4.52. The van der Waals surface area contributed by atoms with Crippen molar-refractivity contribution in [3.8, 4) is 0 Å². The molecule has 1 heterocycles. The second-order valence-corrected chi connectivity index (χ2v) is 6.61. The zero-order valence-corrected chi connectivity index (χ0v) is 14.8. The average Bonchev–Trinajstić information content (AvgIpc) is 2.87. The third kappa shape index (κ3) is 3.90. The van der Waals surface area contributed by atoms with Gasteiger partial charge in [-0.05, 0) is 55.2 Å². The Labute approximate surface area is 148 Å². The second kappa shape index (κ2) is 7.51. The minimum Gasteiger partial charge on any atom is -0.373 e. The van der Waals surface area contributed by atoms with E-state index in [9.17, 15) is 9.59 Å². The van der Waals surface area contributed by atoms with Crippen LogP contribution in [0.5, 0.6) is 0 Å². The van der Waals surface area contributed by atoms with Gasteiger partial charge in [-0.15, -0.1) is 0 Å². The van der Waals surface area contributed by atoms with Crippen molar-refractivity contribution in [3.05, 3.63) is 59.7 Å². The second-order valence-electron chi connectivity index (χ2n) is 6.61. The van der Waals surface area contributed by atoms with Gasteiger partial charge >= 0.3 is 0 Å². The van der Waals surface area contributed by atoms with E-state index in [0.29, 0.717) is 5.69 Å². The van der Waals surface area contributed by atoms with Gasteiger partial charge in [-0.1, -0.05) is 37.6 Å². The fraction of sp³-hybridized carbons (Fsp3) is 0.333. The van der Waals surface area contributed by atoms with E-state index in [4.69, 9.17) is 0 Å². The maximum absolute atomic E-state index is 12.7. The molecule has 130 valence electrons. The van der Waals surface area contributed by atoms with Crippen LogP contribution in [0.15, 0.2) is 48.5 Å². The molecular formula is C21H24N2O2. The van der Waals surface area contributed by atoms with Gasteiger partial charge in [-0.25, -0.2) is 4.90 Å². The highest BCUT2D eigenvalue weighted by atomic mass is 16.2. The summed E-state index contributed by atoms with van der Waals surface area (Å²) in [7, 11) is 0. The van der Waals surface area contributed by atoms with E-state index in [2.05, 4.69) is 12.2 Å². The molecule has 25 heavy (non-hydrogen) atoms. The fourth-order valence-corrected chi connectivity index (χ4v) is 3.14. The summed E-state index contributed by atoms with van der Waals surface area (Å²) < 4.78 is 0. The van der Waals surface area contributed by atoms with Crippen LogP contribution in [0.25, 0.3) is 0 Å². The standard InChI is InChI=1S/C21H24N2O2/c1-3-4-7-16-9-11-18(12-10-16)23-20(24)14-19(21(23)25)22-17-8-5-6-15(2)13-17/h5-6,8-13,19,22H,3-4,7,14H2,1-2H3. The SMILES string of the molecule is CCCCc1ccc(N2C(=O)CC(Nc3cccc(C)c3)C2=O)cc1. The Morgan fingerprint density at radius 1 is 1.12 bits per heavy atom. The van der Waals surface area contributed by atoms with Crippen molar-refractivity contribution < 1.29 is 9.59 Å². The first kappa shape index (κ1) is 17.2. The summed E-state index contributed by atoms with van der Waals surface area (Å²) in [5.41, 5.74) is 3.87. The average molecular weight is 336 g/mol. The number of rotatable bonds is 6. The number of nitrogens with one attached hydrogen (secondary N) is 1. The molecular weight excluding hydrogens is 312 g/mol. The van der Waals surface area contributed by atoms with Crippen LogP contribution >= 0.6 is 0 Å². The van der Waals surface area contributed by atoms with Crippen LogP contribution in [0.2, 0.25) is 0 Å². The van der Waals surface area contributed by atoms with Crippen molar-refractivity contribution in [2.75, 3.05) is 10.2 Å². The minimum absolute atomic E-state index is 0.156. The quantitative estimate of drug-likeness (QED) is 0.809. The van der Waals surface area contributed by atoms with E-state index in [1.54, 1.807) is 0 Å². The molecule has 3 rings (SSSR count). The van der Waals surface area contributed by atoms with E-state index >= 15 is 0 Å². The molecule has 0 bridgehead atoms. The normalized spacial score (nSPS) is 17.2. The number of unbranched alkanes of at least 4 members (excludes halogenated alkanes) is 1. The number of aryl methyl sites for hydroxylation is 2. The van der Waals surface area contributed by atoms with Gasteiger partial charge < -0.3 is 5.32 Å². The van der Waals surface area contributed by atoms with Gasteiger partial charge in [0.05, 0.1) is 12.1 Å². The largest absolute Gasteiger partial charge is 0.373 e. The summed E-state index contributed by atoms with van der Waals surface area (Å²) in [5, 5.41) is 3.19. The van der Waals surface area contributed by atoms with E-state index in [-0.39, 0.29) is 18.2 Å². The number of carbonyl (C=O) groups is 2. The Morgan fingerprint density at radius 3 is 2.56 bits per heavy atom. The molecule has 1 unspecified atom stereocenters. The van der Waals surface area contributed by atoms with Crippen molar-refractivity contribution in [1.82, 2.24) is 0 Å². The lowest BCUT2D eigenvalue weighted by Gasteiger charge is -2.16. The number of amides is 2. The number of nitrogens with zero attached hydrogens (tertiary/aromatic N) is 1. The molecule has 0 spiro atoms. The molecule has 4 nitrogen and oxygen atoms in total. The molecule has 1 atom stereocenters. The van der Waals surface area contributed by atoms with Crippen molar-refractivity contribution >= 4 is 23.2 Å². The van der Waals surface area contributed by atoms with Gasteiger partial charge in [0, 0.05) is 5.69 Å². The summed E-state index contributed by atoms with van der Waals surface area (Å²) >= 11 is 0. The Kier molecular flexibility index (Phi) is 5.17. The number of hydrogen-bond acceptors (Lipinski definition) is 3. The van der Waals surface area contributed by atoms with Gasteiger partial charge in [-0.2, -0.15) is 0 Å². The fourth-order valence-electron chi connectivity index (χ4n) is 3.14. The molecule has 0 aliphatic carbocycles. The molecule has 1 aliphatic heterocycles. The van der Waals surface area contributed by atoms with Crippen LogP contribution in [0, 0.1) is 6.92 Å². The molecule has 2 aromatic carbocycles. The number of anilines is 2. The zero-order valence-electron chi connectivity index (χ0n) is 14.8. The highest BCUT2D eigenvalue weighted by molar-refractivity contribution is 6.23. The van der Waals surface area contributed by atoms with Crippen molar-refractivity contribution in [3.63, 3.8) is 0 Å². The van der Waals surface area contributed by atoms with Crippen LogP contribution < -0.4 is 10.2 Å². The van der Waals surface area contributed by atoms with Gasteiger partial charge in [0.25, 0.3) is 5.91 Å². The molecule has 1 aliphatic rings. The first-order valence-corrected chi connectivity index (χ1v) is 8.87. The molecule has 0 radical (unpaired) electrons. The van der Waals surface area contributed by atoms with Crippen LogP contribution in [0.4, 0.5) is 11.4 Å². The Bertz CT molecular complexity index is 768. The Balaban J connectivity index is 1.72. The predicted octanol–water partition coefficient (Wildman–Crippen LogP) is 4.08. The Morgan fingerprint density at radius 2 is 1.88 bits per heavy atom. The van der Waals surface area contributed by atoms with Gasteiger partial charge in [0.2, 0.25) is 5.91 Å². The van der Waals surface area contributed by atoms with Gasteiger partial charge in [-0.3, -0.25) is 9.59 Å². The molecule has 2 aromatic rings. The molecule has 1 N–H and O–H groups in total. The first-order chi connectivity index (χ1) is 12.1. The number of hydrogen-bond donors (Lipinski definition) is 1. The summed E-state index contributed by atoms with van der Waals surface area (Å²) in [5.74, 6) is -0.343. The van der Waals surface area contributed by atoms with Crippen LogP contribution in [-0.4, -0.2) is 17.9 Å². The van der Waals surface area contributed by atoms with Gasteiger partial charge in [0.1, 0.15) is 6.04 Å². The molecule has 1 fully saturated rings. The predicted molar refractivity (Wildman–Crippen MR) is 101 cm³/mol. The minimum atomic E-state index is -0.505. The van der Waals surface area contributed by atoms with Crippen molar-refractivity contribution in [2.24, 2.45) is 0 Å². The number of benzene rings is 2. The lowest BCUT2D eigenvalue weighted by Crippen LogP contribution is -2.34. The summed E-state index contributed by atoms with van der Waals surface area (Å²) in [6, 6.07) is 15.1. The van der Waals surface area contributed by atoms with E-state index in [0.717, 1.165) is 30.5 Å². The molecule has 2 amide bonds. The topological polar surface area (TPSA) is 49.4 Å². The van der Waals surface area contributed by atoms with Crippen LogP contribution in [-0.2, 0) is 16.0 Å². The lowest BCUT2D eigenvalue weighted by molar-refractivity contribution is -0.121.